The van der Waals surface area contributed by atoms with Crippen LogP contribution in [-0.4, -0.2) is 30.2 Å². The molecule has 188 valence electrons. The highest BCUT2D eigenvalue weighted by molar-refractivity contribution is 6.06. The van der Waals surface area contributed by atoms with E-state index in [1.807, 2.05) is 30.3 Å². The van der Waals surface area contributed by atoms with Gasteiger partial charge >= 0.3 is 6.18 Å². The van der Waals surface area contributed by atoms with Crippen molar-refractivity contribution in [2.24, 2.45) is 7.05 Å². The lowest BCUT2D eigenvalue weighted by Gasteiger charge is -2.14. The first-order valence-corrected chi connectivity index (χ1v) is 11.4. The number of benzene rings is 2. The molecule has 7 nitrogen and oxygen atoms in total. The molecular weight excluding hydrogens is 483 g/mol. The van der Waals surface area contributed by atoms with Gasteiger partial charge in [0, 0.05) is 36.1 Å². The molecule has 0 aliphatic heterocycles. The Labute approximate surface area is 209 Å². The number of fused-ring (bicyclic) bond motifs is 1. The summed E-state index contributed by atoms with van der Waals surface area (Å²) in [7, 11) is 1.60. The predicted molar refractivity (Wildman–Crippen MR) is 133 cm³/mol. The van der Waals surface area contributed by atoms with Crippen molar-refractivity contribution in [2.75, 3.05) is 5.32 Å². The second kappa shape index (κ2) is 9.21. The van der Waals surface area contributed by atoms with Crippen molar-refractivity contribution in [2.45, 2.75) is 19.2 Å². The smallest absolute Gasteiger partial charge is 0.389 e. The van der Waals surface area contributed by atoms with Crippen LogP contribution in [0.1, 0.15) is 34.5 Å². The summed E-state index contributed by atoms with van der Waals surface area (Å²) >= 11 is 0. The number of carbonyl (C=O) groups excluding carboxylic acids is 1. The highest BCUT2D eigenvalue weighted by Crippen LogP contribution is 2.37. The minimum Gasteiger partial charge on any atom is -0.389 e. The van der Waals surface area contributed by atoms with Gasteiger partial charge < -0.3 is 10.4 Å². The molecule has 0 fully saturated rings. The molecule has 2 aromatic carbocycles. The average molecular weight is 506 g/mol. The number of carbonyl (C=O) groups is 1. The molecule has 2 N–H and O–H groups in total. The number of imidazole rings is 1. The number of amides is 1. The minimum absolute atomic E-state index is 0.0308. The van der Waals surface area contributed by atoms with Crippen molar-refractivity contribution >= 4 is 17.4 Å². The van der Waals surface area contributed by atoms with E-state index in [9.17, 15) is 23.1 Å². The summed E-state index contributed by atoms with van der Waals surface area (Å²) < 4.78 is 44.2. The van der Waals surface area contributed by atoms with Crippen molar-refractivity contribution in [1.29, 1.82) is 0 Å². The zero-order valence-electron chi connectivity index (χ0n) is 19.9. The third-order valence-electron chi connectivity index (χ3n) is 5.99. The Bertz CT molecular complexity index is 1600. The van der Waals surface area contributed by atoms with E-state index in [-0.39, 0.29) is 16.8 Å². The number of pyridine rings is 1. The van der Waals surface area contributed by atoms with Gasteiger partial charge in [-0.2, -0.15) is 18.3 Å². The maximum atomic E-state index is 13.7. The molecule has 1 amide bonds. The fraction of sp³-hybridized carbons (Fsp3) is 0.148. The molecule has 3 heterocycles. The summed E-state index contributed by atoms with van der Waals surface area (Å²) in [5, 5.41) is 16.9. The van der Waals surface area contributed by atoms with Crippen molar-refractivity contribution in [3.63, 3.8) is 0 Å². The molecule has 0 saturated heterocycles. The SMILES string of the molecule is C[C@@H](O)c1ccn2c(NC(=O)c3ccc(C(F)(F)F)c(-c4ccn(C)n4)c3)c(-c3ccccc3)nc2c1. The Kier molecular flexibility index (Phi) is 6.04. The van der Waals surface area contributed by atoms with Crippen LogP contribution in [0.4, 0.5) is 19.0 Å². The topological polar surface area (TPSA) is 84.5 Å². The number of aromatic nitrogens is 4. The van der Waals surface area contributed by atoms with Gasteiger partial charge in [0.05, 0.1) is 17.4 Å². The quantitative estimate of drug-likeness (QED) is 0.320. The first-order valence-electron chi connectivity index (χ1n) is 11.4. The number of nitrogens with one attached hydrogen (secondary N) is 1. The first kappa shape index (κ1) is 24.3. The maximum absolute atomic E-state index is 13.7. The molecule has 0 aliphatic carbocycles. The normalized spacial score (nSPS) is 12.6. The fourth-order valence-corrected chi connectivity index (χ4v) is 4.12. The van der Waals surface area contributed by atoms with E-state index in [0.29, 0.717) is 22.7 Å². The van der Waals surface area contributed by atoms with Crippen LogP contribution in [0.15, 0.2) is 79.1 Å². The van der Waals surface area contributed by atoms with Gasteiger partial charge in [0.2, 0.25) is 0 Å². The second-order valence-corrected chi connectivity index (χ2v) is 8.63. The van der Waals surface area contributed by atoms with Crippen LogP contribution in [0.25, 0.3) is 28.2 Å². The summed E-state index contributed by atoms with van der Waals surface area (Å²) in [6.45, 7) is 1.64. The van der Waals surface area contributed by atoms with Crippen LogP contribution in [0, 0.1) is 0 Å². The van der Waals surface area contributed by atoms with Gasteiger partial charge in [-0.3, -0.25) is 13.9 Å². The number of aliphatic hydroxyl groups excluding tert-OH is 1. The summed E-state index contributed by atoms with van der Waals surface area (Å²) in [5.74, 6) is -0.257. The van der Waals surface area contributed by atoms with Crippen LogP contribution >= 0.6 is 0 Å². The predicted octanol–water partition coefficient (Wildman–Crippen LogP) is 5.73. The van der Waals surface area contributed by atoms with Gasteiger partial charge in [0.1, 0.15) is 17.2 Å². The molecule has 5 rings (SSSR count). The molecular formula is C27H22F3N5O2. The molecule has 3 aromatic heterocycles. The first-order chi connectivity index (χ1) is 17.6. The van der Waals surface area contributed by atoms with E-state index in [2.05, 4.69) is 15.4 Å². The number of anilines is 1. The monoisotopic (exact) mass is 505 g/mol. The molecule has 0 saturated carbocycles. The number of alkyl halides is 3. The Morgan fingerprint density at radius 1 is 1.03 bits per heavy atom. The highest BCUT2D eigenvalue weighted by Gasteiger charge is 2.34. The minimum atomic E-state index is -4.62. The summed E-state index contributed by atoms with van der Waals surface area (Å²) in [5.41, 5.74) is 1.43. The maximum Gasteiger partial charge on any atom is 0.417 e. The zero-order valence-corrected chi connectivity index (χ0v) is 19.9. The third-order valence-corrected chi connectivity index (χ3v) is 5.99. The Morgan fingerprint density at radius 3 is 2.43 bits per heavy atom. The third kappa shape index (κ3) is 4.70. The van der Waals surface area contributed by atoms with Gasteiger partial charge in [-0.15, -0.1) is 0 Å². The Hall–Kier alpha value is -4.44. The van der Waals surface area contributed by atoms with Crippen LogP contribution in [-0.2, 0) is 13.2 Å². The van der Waals surface area contributed by atoms with Crippen molar-refractivity contribution in [3.8, 4) is 22.5 Å². The van der Waals surface area contributed by atoms with E-state index in [0.717, 1.165) is 17.7 Å². The van der Waals surface area contributed by atoms with Crippen molar-refractivity contribution < 1.29 is 23.1 Å². The molecule has 0 unspecified atom stereocenters. The van der Waals surface area contributed by atoms with Gasteiger partial charge in [0.25, 0.3) is 5.91 Å². The number of rotatable bonds is 5. The second-order valence-electron chi connectivity index (χ2n) is 8.63. The largest absolute Gasteiger partial charge is 0.417 e. The van der Waals surface area contributed by atoms with Crippen molar-refractivity contribution in [3.05, 3.63) is 95.8 Å². The van der Waals surface area contributed by atoms with Gasteiger partial charge in [0.15, 0.2) is 0 Å². The fourth-order valence-electron chi connectivity index (χ4n) is 4.12. The Morgan fingerprint density at radius 2 is 1.78 bits per heavy atom. The Balaban J connectivity index is 1.60. The lowest BCUT2D eigenvalue weighted by Crippen LogP contribution is -2.16. The van der Waals surface area contributed by atoms with Gasteiger partial charge in [-0.1, -0.05) is 30.3 Å². The molecule has 0 spiro atoms. The number of aryl methyl sites for hydroxylation is 1. The van der Waals surface area contributed by atoms with Gasteiger partial charge in [-0.25, -0.2) is 4.98 Å². The van der Waals surface area contributed by atoms with E-state index < -0.39 is 23.8 Å². The molecule has 1 atom stereocenters. The van der Waals surface area contributed by atoms with E-state index >= 15 is 0 Å². The number of nitrogens with zero attached hydrogens (tertiary/aromatic N) is 4. The van der Waals surface area contributed by atoms with E-state index in [4.69, 9.17) is 0 Å². The van der Waals surface area contributed by atoms with Crippen molar-refractivity contribution in [1.82, 2.24) is 19.2 Å². The summed E-state index contributed by atoms with van der Waals surface area (Å²) in [4.78, 5) is 18.0. The lowest BCUT2D eigenvalue weighted by atomic mass is 10.0. The number of hydrogen-bond donors (Lipinski definition) is 2. The number of aliphatic hydroxyl groups is 1. The molecule has 0 radical (unpaired) electrons. The molecule has 0 aliphatic rings. The number of hydrogen-bond acceptors (Lipinski definition) is 4. The average Bonchev–Trinajstić information content (AvgIpc) is 3.47. The standard InChI is InChI=1S/C27H22F3N5O2/c1-16(36)18-10-13-35-23(15-18)31-24(17-6-4-3-5-7-17)25(35)32-26(37)19-8-9-21(27(28,29)30)20(14-19)22-11-12-34(2)33-22/h3-16,36H,1-2H3,(H,32,37)/t16-/m1/s1. The van der Waals surface area contributed by atoms with E-state index in [1.54, 1.807) is 36.7 Å². The molecule has 10 heteroatoms. The van der Waals surface area contributed by atoms with Crippen LogP contribution in [0.2, 0.25) is 0 Å². The molecule has 0 bridgehead atoms. The zero-order chi connectivity index (χ0) is 26.3. The highest BCUT2D eigenvalue weighted by atomic mass is 19.4. The van der Waals surface area contributed by atoms with Gasteiger partial charge in [-0.05, 0) is 48.9 Å². The molecule has 5 aromatic rings. The van der Waals surface area contributed by atoms with Crippen LogP contribution < -0.4 is 5.32 Å². The van der Waals surface area contributed by atoms with Crippen LogP contribution in [0.3, 0.4) is 0 Å². The summed E-state index contributed by atoms with van der Waals surface area (Å²) in [6.07, 6.45) is -2.12. The summed E-state index contributed by atoms with van der Waals surface area (Å²) in [6, 6.07) is 17.3. The van der Waals surface area contributed by atoms with E-state index in [1.165, 1.54) is 23.0 Å². The lowest BCUT2D eigenvalue weighted by molar-refractivity contribution is -0.137. The molecule has 37 heavy (non-hydrogen) atoms. The van der Waals surface area contributed by atoms with Crippen LogP contribution in [0.5, 0.6) is 0 Å². The number of halogens is 3.